The van der Waals surface area contributed by atoms with Crippen LogP contribution in [0.5, 0.6) is 0 Å². The number of aromatic carboxylic acids is 2. The van der Waals surface area contributed by atoms with Crippen LogP contribution in [0.25, 0.3) is 0 Å². The summed E-state index contributed by atoms with van der Waals surface area (Å²) in [5.74, 6) is -1.35. The van der Waals surface area contributed by atoms with Gasteiger partial charge in [-0.15, -0.1) is 0 Å². The molecule has 4 heteroatoms. The van der Waals surface area contributed by atoms with Gasteiger partial charge < -0.3 is 10.2 Å². The largest absolute Gasteiger partial charge is 0.478 e. The zero-order valence-electron chi connectivity index (χ0n) is 11.8. The van der Waals surface area contributed by atoms with Crippen LogP contribution >= 0.6 is 0 Å². The minimum absolute atomic E-state index is 0.157. The molecule has 2 N–H and O–H groups in total. The molecule has 0 unspecified atom stereocenters. The molecule has 2 rings (SSSR count). The summed E-state index contributed by atoms with van der Waals surface area (Å²) in [6, 6.07) is 4.33. The van der Waals surface area contributed by atoms with Crippen LogP contribution in [0.3, 0.4) is 0 Å². The number of rotatable bonds is 3. The average Bonchev–Trinajstić information content (AvgIpc) is 2.41. The first-order valence-electron chi connectivity index (χ1n) is 6.94. The van der Waals surface area contributed by atoms with Crippen LogP contribution in [0.2, 0.25) is 0 Å². The fraction of sp³-hybridized carbons (Fsp3) is 0.500. The van der Waals surface area contributed by atoms with Crippen LogP contribution in [0, 0.1) is 5.92 Å². The Labute approximate surface area is 118 Å². The molecule has 108 valence electrons. The summed E-state index contributed by atoms with van der Waals surface area (Å²) in [6.45, 7) is 4.25. The smallest absolute Gasteiger partial charge is 0.335 e. The lowest BCUT2D eigenvalue weighted by Crippen LogP contribution is -2.30. The van der Waals surface area contributed by atoms with Crippen molar-refractivity contribution in [3.8, 4) is 0 Å². The van der Waals surface area contributed by atoms with E-state index < -0.39 is 11.9 Å². The minimum Gasteiger partial charge on any atom is -0.478 e. The summed E-state index contributed by atoms with van der Waals surface area (Å²) in [7, 11) is 0. The van der Waals surface area contributed by atoms with E-state index in [4.69, 9.17) is 5.11 Å². The molecule has 1 aliphatic carbocycles. The van der Waals surface area contributed by atoms with Gasteiger partial charge in [-0.3, -0.25) is 0 Å². The molecule has 1 aromatic rings. The second-order valence-electron chi connectivity index (χ2n) is 6.11. The molecule has 1 fully saturated rings. The lowest BCUT2D eigenvalue weighted by molar-refractivity contribution is 0.0677. The van der Waals surface area contributed by atoms with Gasteiger partial charge in [0.1, 0.15) is 0 Å². The molecular weight excluding hydrogens is 256 g/mol. The van der Waals surface area contributed by atoms with Gasteiger partial charge in [-0.05, 0) is 60.8 Å². The Morgan fingerprint density at radius 3 is 2.25 bits per heavy atom. The number of carboxylic acid groups (broad SMARTS) is 2. The van der Waals surface area contributed by atoms with Gasteiger partial charge in [0.05, 0.1) is 11.1 Å². The van der Waals surface area contributed by atoms with Crippen LogP contribution in [0.1, 0.15) is 65.8 Å². The SMILES string of the molecule is CC1CCC(C)(c2cc(C(=O)O)ccc2C(=O)O)CC1. The van der Waals surface area contributed by atoms with Crippen molar-refractivity contribution in [1.82, 2.24) is 0 Å². The van der Waals surface area contributed by atoms with E-state index in [1.807, 2.05) is 6.92 Å². The van der Waals surface area contributed by atoms with Crippen molar-refractivity contribution in [1.29, 1.82) is 0 Å². The molecule has 0 atom stereocenters. The van der Waals surface area contributed by atoms with Gasteiger partial charge in [0.25, 0.3) is 0 Å². The van der Waals surface area contributed by atoms with Crippen molar-refractivity contribution in [2.45, 2.75) is 44.9 Å². The first-order chi connectivity index (χ1) is 9.33. The molecule has 1 saturated carbocycles. The fourth-order valence-corrected chi connectivity index (χ4v) is 3.03. The van der Waals surface area contributed by atoms with Gasteiger partial charge in [-0.2, -0.15) is 0 Å². The van der Waals surface area contributed by atoms with Crippen molar-refractivity contribution in [2.75, 3.05) is 0 Å². The molecule has 0 aromatic heterocycles. The van der Waals surface area contributed by atoms with E-state index in [1.54, 1.807) is 6.07 Å². The average molecular weight is 276 g/mol. The third kappa shape index (κ3) is 2.69. The van der Waals surface area contributed by atoms with Crippen LogP contribution < -0.4 is 0 Å². The van der Waals surface area contributed by atoms with Crippen LogP contribution in [0.15, 0.2) is 18.2 Å². The van der Waals surface area contributed by atoms with Crippen LogP contribution in [0.4, 0.5) is 0 Å². The van der Waals surface area contributed by atoms with Crippen molar-refractivity contribution < 1.29 is 19.8 Å². The van der Waals surface area contributed by atoms with Crippen molar-refractivity contribution >= 4 is 11.9 Å². The Hall–Kier alpha value is -1.84. The lowest BCUT2D eigenvalue weighted by Gasteiger charge is -2.37. The number of carboxylic acids is 2. The Morgan fingerprint density at radius 2 is 1.75 bits per heavy atom. The molecule has 0 amide bonds. The van der Waals surface area contributed by atoms with Crippen LogP contribution in [-0.4, -0.2) is 22.2 Å². The summed E-state index contributed by atoms with van der Waals surface area (Å²) >= 11 is 0. The number of carbonyl (C=O) groups is 2. The maximum atomic E-state index is 11.4. The molecular formula is C16H20O4. The van der Waals surface area contributed by atoms with Gasteiger partial charge in [0.15, 0.2) is 0 Å². The van der Waals surface area contributed by atoms with E-state index in [-0.39, 0.29) is 16.5 Å². The lowest BCUT2D eigenvalue weighted by atomic mass is 9.67. The highest BCUT2D eigenvalue weighted by Crippen LogP contribution is 2.42. The standard InChI is InChI=1S/C16H20O4/c1-10-5-7-16(2,8-6-10)13-9-11(14(17)18)3-4-12(13)15(19)20/h3-4,9-10H,5-8H2,1-2H3,(H,17,18)(H,19,20). The van der Waals surface area contributed by atoms with E-state index in [9.17, 15) is 14.7 Å². The quantitative estimate of drug-likeness (QED) is 0.885. The first-order valence-corrected chi connectivity index (χ1v) is 6.94. The maximum absolute atomic E-state index is 11.4. The van der Waals surface area contributed by atoms with Crippen molar-refractivity contribution in [2.24, 2.45) is 5.92 Å². The third-order valence-corrected chi connectivity index (χ3v) is 4.52. The second kappa shape index (κ2) is 5.27. The maximum Gasteiger partial charge on any atom is 0.335 e. The summed E-state index contributed by atoms with van der Waals surface area (Å²) in [5, 5.41) is 18.5. The summed E-state index contributed by atoms with van der Waals surface area (Å²) in [6.07, 6.45) is 3.90. The number of hydrogen-bond donors (Lipinski definition) is 2. The highest BCUT2D eigenvalue weighted by molar-refractivity contribution is 5.93. The predicted molar refractivity (Wildman–Crippen MR) is 75.3 cm³/mol. The highest BCUT2D eigenvalue weighted by atomic mass is 16.4. The molecule has 1 aromatic carbocycles. The van der Waals surface area contributed by atoms with Gasteiger partial charge in [-0.25, -0.2) is 9.59 Å². The molecule has 0 spiro atoms. The first kappa shape index (κ1) is 14.6. The zero-order valence-corrected chi connectivity index (χ0v) is 11.8. The molecule has 1 aliphatic rings. The summed E-state index contributed by atoms with van der Waals surface area (Å²) in [5.41, 5.74) is 0.805. The van der Waals surface area contributed by atoms with Gasteiger partial charge in [-0.1, -0.05) is 13.8 Å². The van der Waals surface area contributed by atoms with Crippen molar-refractivity contribution in [3.63, 3.8) is 0 Å². The highest BCUT2D eigenvalue weighted by Gasteiger charge is 2.34. The molecule has 0 radical (unpaired) electrons. The zero-order chi connectivity index (χ0) is 14.9. The van der Waals surface area contributed by atoms with Crippen LogP contribution in [-0.2, 0) is 5.41 Å². The molecule has 0 bridgehead atoms. The molecule has 4 nitrogen and oxygen atoms in total. The number of benzene rings is 1. The molecule has 20 heavy (non-hydrogen) atoms. The second-order valence-corrected chi connectivity index (χ2v) is 6.11. The topological polar surface area (TPSA) is 74.6 Å². The van der Waals surface area contributed by atoms with E-state index in [0.717, 1.165) is 25.7 Å². The third-order valence-electron chi connectivity index (χ3n) is 4.52. The Balaban J connectivity index is 2.49. The minimum atomic E-state index is -1.02. The van der Waals surface area contributed by atoms with E-state index in [0.29, 0.717) is 11.5 Å². The molecule has 0 aliphatic heterocycles. The summed E-state index contributed by atoms with van der Waals surface area (Å²) in [4.78, 5) is 22.5. The fourth-order valence-electron chi connectivity index (χ4n) is 3.03. The van der Waals surface area contributed by atoms with Crippen molar-refractivity contribution in [3.05, 3.63) is 34.9 Å². The summed E-state index contributed by atoms with van der Waals surface area (Å²) < 4.78 is 0. The predicted octanol–water partition coefficient (Wildman–Crippen LogP) is 3.55. The number of hydrogen-bond acceptors (Lipinski definition) is 2. The van der Waals surface area contributed by atoms with Gasteiger partial charge in [0.2, 0.25) is 0 Å². The molecule has 0 saturated heterocycles. The van der Waals surface area contributed by atoms with Gasteiger partial charge >= 0.3 is 11.9 Å². The van der Waals surface area contributed by atoms with E-state index in [1.165, 1.54) is 12.1 Å². The van der Waals surface area contributed by atoms with E-state index in [2.05, 4.69) is 6.92 Å². The monoisotopic (exact) mass is 276 g/mol. The Morgan fingerprint density at radius 1 is 1.15 bits per heavy atom. The Kier molecular flexibility index (Phi) is 3.84. The van der Waals surface area contributed by atoms with Gasteiger partial charge in [0, 0.05) is 0 Å². The van der Waals surface area contributed by atoms with E-state index >= 15 is 0 Å². The normalized spacial score (nSPS) is 26.2. The Bertz CT molecular complexity index is 539. The molecule has 0 heterocycles.